The van der Waals surface area contributed by atoms with Crippen molar-refractivity contribution >= 4 is 37.9 Å². The third-order valence-electron chi connectivity index (χ3n) is 3.65. The van der Waals surface area contributed by atoms with Crippen LogP contribution in [0.25, 0.3) is 31.3 Å². The van der Waals surface area contributed by atoms with Crippen LogP contribution < -0.4 is 5.73 Å². The highest BCUT2D eigenvalue weighted by atomic mass is 32.1. The van der Waals surface area contributed by atoms with Crippen LogP contribution in [0.1, 0.15) is 0 Å². The Kier molecular flexibility index (Phi) is 2.51. The fourth-order valence-electron chi connectivity index (χ4n) is 2.61. The molecule has 1 aromatic heterocycles. The van der Waals surface area contributed by atoms with E-state index in [0.717, 1.165) is 16.0 Å². The van der Waals surface area contributed by atoms with Crippen LogP contribution in [-0.2, 0) is 0 Å². The summed E-state index contributed by atoms with van der Waals surface area (Å²) in [5, 5.41) is 3.67. The maximum atomic E-state index is 6.33. The molecule has 0 aliphatic heterocycles. The SMILES string of the molecule is Nc1c(-c2ccc3ccccc3c2)sc2ccccc12. The molecule has 0 amide bonds. The van der Waals surface area contributed by atoms with E-state index in [0.29, 0.717) is 0 Å². The lowest BCUT2D eigenvalue weighted by Gasteiger charge is -2.03. The largest absolute Gasteiger partial charge is 0.397 e. The summed E-state index contributed by atoms with van der Waals surface area (Å²) in [5.41, 5.74) is 8.41. The van der Waals surface area contributed by atoms with E-state index in [9.17, 15) is 0 Å². The number of hydrogen-bond acceptors (Lipinski definition) is 2. The molecule has 0 aliphatic rings. The Labute approximate surface area is 121 Å². The summed E-state index contributed by atoms with van der Waals surface area (Å²) in [5.74, 6) is 0. The zero-order chi connectivity index (χ0) is 13.5. The van der Waals surface area contributed by atoms with E-state index in [1.807, 2.05) is 6.07 Å². The van der Waals surface area contributed by atoms with Crippen molar-refractivity contribution in [2.45, 2.75) is 0 Å². The minimum atomic E-state index is 0.890. The van der Waals surface area contributed by atoms with Gasteiger partial charge in [0.2, 0.25) is 0 Å². The van der Waals surface area contributed by atoms with Gasteiger partial charge in [-0.15, -0.1) is 11.3 Å². The number of rotatable bonds is 1. The van der Waals surface area contributed by atoms with E-state index in [-0.39, 0.29) is 0 Å². The van der Waals surface area contributed by atoms with E-state index in [4.69, 9.17) is 5.73 Å². The summed E-state index contributed by atoms with van der Waals surface area (Å²) < 4.78 is 1.24. The van der Waals surface area contributed by atoms with Crippen LogP contribution in [0.3, 0.4) is 0 Å². The van der Waals surface area contributed by atoms with Crippen LogP contribution in [0, 0.1) is 0 Å². The highest BCUT2D eigenvalue weighted by Gasteiger charge is 2.10. The quantitative estimate of drug-likeness (QED) is 0.501. The first kappa shape index (κ1) is 11.5. The monoisotopic (exact) mass is 275 g/mol. The van der Waals surface area contributed by atoms with E-state index >= 15 is 0 Å². The molecule has 2 heteroatoms. The van der Waals surface area contributed by atoms with E-state index in [2.05, 4.69) is 60.7 Å². The molecule has 1 heterocycles. The molecule has 0 fully saturated rings. The van der Waals surface area contributed by atoms with E-state index < -0.39 is 0 Å². The summed E-state index contributed by atoms with van der Waals surface area (Å²) in [4.78, 5) is 1.16. The van der Waals surface area contributed by atoms with E-state index in [1.54, 1.807) is 11.3 Å². The average molecular weight is 275 g/mol. The van der Waals surface area contributed by atoms with Crippen molar-refractivity contribution in [3.63, 3.8) is 0 Å². The van der Waals surface area contributed by atoms with Crippen molar-refractivity contribution < 1.29 is 0 Å². The Hall–Kier alpha value is -2.32. The number of hydrogen-bond donors (Lipinski definition) is 1. The van der Waals surface area contributed by atoms with Crippen molar-refractivity contribution in [2.24, 2.45) is 0 Å². The fourth-order valence-corrected chi connectivity index (χ4v) is 3.73. The number of benzene rings is 3. The predicted octanol–water partition coefficient (Wildman–Crippen LogP) is 5.30. The molecule has 0 radical (unpaired) electrons. The minimum Gasteiger partial charge on any atom is -0.397 e. The molecule has 1 nitrogen and oxygen atoms in total. The molecule has 96 valence electrons. The van der Waals surface area contributed by atoms with Crippen LogP contribution in [-0.4, -0.2) is 0 Å². The summed E-state index contributed by atoms with van der Waals surface area (Å²) in [6, 6.07) is 23.3. The molecular formula is C18H13NS. The number of nitrogens with two attached hydrogens (primary N) is 1. The third-order valence-corrected chi connectivity index (χ3v) is 4.88. The number of anilines is 1. The second-order valence-corrected chi connectivity index (χ2v) is 5.96. The highest BCUT2D eigenvalue weighted by molar-refractivity contribution is 7.23. The van der Waals surface area contributed by atoms with Gasteiger partial charge in [0, 0.05) is 10.1 Å². The van der Waals surface area contributed by atoms with Gasteiger partial charge in [-0.3, -0.25) is 0 Å². The van der Waals surface area contributed by atoms with Gasteiger partial charge in [0.1, 0.15) is 0 Å². The molecule has 4 rings (SSSR count). The summed E-state index contributed by atoms with van der Waals surface area (Å²) >= 11 is 1.76. The van der Waals surface area contributed by atoms with Crippen LogP contribution >= 0.6 is 11.3 Å². The minimum absolute atomic E-state index is 0.890. The highest BCUT2D eigenvalue weighted by Crippen LogP contribution is 2.41. The van der Waals surface area contributed by atoms with E-state index in [1.165, 1.54) is 21.0 Å². The summed E-state index contributed by atoms with van der Waals surface area (Å²) in [6.07, 6.45) is 0. The second kappa shape index (κ2) is 4.36. The molecule has 0 saturated heterocycles. The van der Waals surface area contributed by atoms with Crippen molar-refractivity contribution in [3.05, 3.63) is 66.7 Å². The first-order valence-corrected chi connectivity index (χ1v) is 7.41. The Bertz CT molecular complexity index is 921. The van der Waals surface area contributed by atoms with Gasteiger partial charge in [0.25, 0.3) is 0 Å². The molecule has 0 bridgehead atoms. The van der Waals surface area contributed by atoms with Crippen molar-refractivity contribution in [1.82, 2.24) is 0 Å². The third kappa shape index (κ3) is 1.69. The molecule has 0 aliphatic carbocycles. The predicted molar refractivity (Wildman–Crippen MR) is 89.2 cm³/mol. The van der Waals surface area contributed by atoms with Gasteiger partial charge in [-0.1, -0.05) is 54.6 Å². The Morgan fingerprint density at radius 2 is 1.50 bits per heavy atom. The molecule has 2 N–H and O–H groups in total. The molecule has 0 unspecified atom stereocenters. The second-order valence-electron chi connectivity index (χ2n) is 4.90. The zero-order valence-electron chi connectivity index (χ0n) is 10.8. The molecule has 0 spiro atoms. The molecule has 4 aromatic rings. The van der Waals surface area contributed by atoms with Gasteiger partial charge in [-0.2, -0.15) is 0 Å². The lowest BCUT2D eigenvalue weighted by Crippen LogP contribution is -1.85. The lowest BCUT2D eigenvalue weighted by atomic mass is 10.1. The zero-order valence-corrected chi connectivity index (χ0v) is 11.7. The normalized spacial score (nSPS) is 11.2. The van der Waals surface area contributed by atoms with Gasteiger partial charge in [0.05, 0.1) is 10.6 Å². The molecular weight excluding hydrogens is 262 g/mol. The maximum absolute atomic E-state index is 6.33. The van der Waals surface area contributed by atoms with Gasteiger partial charge < -0.3 is 5.73 Å². The summed E-state index contributed by atoms with van der Waals surface area (Å²) in [7, 11) is 0. The smallest absolute Gasteiger partial charge is 0.0585 e. The van der Waals surface area contributed by atoms with Crippen LogP contribution in [0.15, 0.2) is 66.7 Å². The first-order chi connectivity index (χ1) is 9.83. The maximum Gasteiger partial charge on any atom is 0.0585 e. The van der Waals surface area contributed by atoms with Crippen molar-refractivity contribution in [2.75, 3.05) is 5.73 Å². The first-order valence-electron chi connectivity index (χ1n) is 6.59. The molecule has 0 saturated carbocycles. The standard InChI is InChI=1S/C18H13NS/c19-17-15-7-3-4-8-16(15)20-18(17)14-10-9-12-5-1-2-6-13(12)11-14/h1-11H,19H2. The Balaban J connectivity index is 1.98. The number of fused-ring (bicyclic) bond motifs is 2. The van der Waals surface area contributed by atoms with Crippen molar-refractivity contribution in [3.8, 4) is 10.4 Å². The molecule has 20 heavy (non-hydrogen) atoms. The van der Waals surface area contributed by atoms with Crippen LogP contribution in [0.5, 0.6) is 0 Å². The van der Waals surface area contributed by atoms with Crippen LogP contribution in [0.2, 0.25) is 0 Å². The number of thiophene rings is 1. The van der Waals surface area contributed by atoms with Crippen LogP contribution in [0.4, 0.5) is 5.69 Å². The van der Waals surface area contributed by atoms with Gasteiger partial charge >= 0.3 is 0 Å². The average Bonchev–Trinajstić information content (AvgIpc) is 2.84. The Morgan fingerprint density at radius 3 is 2.35 bits per heavy atom. The molecule has 3 aromatic carbocycles. The fraction of sp³-hybridized carbons (Fsp3) is 0. The Morgan fingerprint density at radius 1 is 0.750 bits per heavy atom. The number of nitrogen functional groups attached to an aromatic ring is 1. The lowest BCUT2D eigenvalue weighted by molar-refractivity contribution is 1.73. The summed E-state index contributed by atoms with van der Waals surface area (Å²) in [6.45, 7) is 0. The van der Waals surface area contributed by atoms with Gasteiger partial charge in [0.15, 0.2) is 0 Å². The molecule has 0 atom stereocenters. The van der Waals surface area contributed by atoms with Crippen molar-refractivity contribution in [1.29, 1.82) is 0 Å². The van der Waals surface area contributed by atoms with Gasteiger partial charge in [-0.05, 0) is 28.5 Å². The topological polar surface area (TPSA) is 26.0 Å². The van der Waals surface area contributed by atoms with Gasteiger partial charge in [-0.25, -0.2) is 0 Å².